The van der Waals surface area contributed by atoms with Crippen LogP contribution < -0.4 is 4.74 Å². The number of nitrogens with zero attached hydrogens (tertiary/aromatic N) is 2. The van der Waals surface area contributed by atoms with Gasteiger partial charge in [0.1, 0.15) is 11.5 Å². The van der Waals surface area contributed by atoms with Crippen molar-refractivity contribution in [3.63, 3.8) is 0 Å². The van der Waals surface area contributed by atoms with Crippen molar-refractivity contribution in [3.8, 4) is 67.5 Å². The van der Waals surface area contributed by atoms with Crippen molar-refractivity contribution in [2.24, 2.45) is 0 Å². The van der Waals surface area contributed by atoms with Gasteiger partial charge in [-0.15, -0.1) is 0 Å². The summed E-state index contributed by atoms with van der Waals surface area (Å²) in [4.78, 5) is 10.0. The highest BCUT2D eigenvalue weighted by Gasteiger charge is 2.51. The van der Waals surface area contributed by atoms with Crippen LogP contribution in [0.15, 0.2) is 194 Å². The van der Waals surface area contributed by atoms with E-state index in [9.17, 15) is 0 Å². The van der Waals surface area contributed by atoms with E-state index in [1.165, 1.54) is 33.4 Å². The van der Waals surface area contributed by atoms with Gasteiger partial charge in [0.25, 0.3) is 0 Å². The van der Waals surface area contributed by atoms with Crippen LogP contribution in [0.5, 0.6) is 11.5 Å². The standard InChI is InChI=1S/C51H32N2O/c1-2-13-36(14-3-1)48-41-17-6-10-23-46(41)52-50(53-48)37-31-27-34(28-32-37)33-25-29-35(30-26-33)38-18-12-22-45-49(38)54-47-24-11-9-21-44(47)51(45)42-19-7-4-15-39(42)40-16-5-8-20-43(40)51/h1-32H. The van der Waals surface area contributed by atoms with E-state index in [0.29, 0.717) is 0 Å². The van der Waals surface area contributed by atoms with Crippen LogP contribution in [-0.4, -0.2) is 9.97 Å². The number of benzene rings is 8. The van der Waals surface area contributed by atoms with Crippen LogP contribution in [0.3, 0.4) is 0 Å². The van der Waals surface area contributed by atoms with Gasteiger partial charge in [-0.25, -0.2) is 9.97 Å². The van der Waals surface area contributed by atoms with Crippen LogP contribution in [0, 0.1) is 0 Å². The summed E-state index contributed by atoms with van der Waals surface area (Å²) in [5, 5.41) is 1.05. The van der Waals surface area contributed by atoms with Gasteiger partial charge in [0.15, 0.2) is 5.82 Å². The van der Waals surface area contributed by atoms with Crippen molar-refractivity contribution in [3.05, 3.63) is 216 Å². The maximum Gasteiger partial charge on any atom is 0.160 e. The van der Waals surface area contributed by atoms with Crippen molar-refractivity contribution in [2.75, 3.05) is 0 Å². The van der Waals surface area contributed by atoms with Crippen LogP contribution in [-0.2, 0) is 5.41 Å². The fourth-order valence-corrected chi connectivity index (χ4v) is 8.78. The number of ether oxygens (including phenoxy) is 1. The third-order valence-electron chi connectivity index (χ3n) is 11.2. The smallest absolute Gasteiger partial charge is 0.160 e. The lowest BCUT2D eigenvalue weighted by atomic mass is 9.65. The monoisotopic (exact) mass is 688 g/mol. The summed E-state index contributed by atoms with van der Waals surface area (Å²) in [5.41, 5.74) is 15.4. The van der Waals surface area contributed by atoms with Crippen molar-refractivity contribution in [1.29, 1.82) is 0 Å². The van der Waals surface area contributed by atoms with Crippen LogP contribution in [0.4, 0.5) is 0 Å². The molecule has 0 atom stereocenters. The molecular weight excluding hydrogens is 657 g/mol. The number of hydrogen-bond donors (Lipinski definition) is 0. The number of aromatic nitrogens is 2. The lowest BCUT2D eigenvalue weighted by molar-refractivity contribution is 0.438. The second-order valence-corrected chi connectivity index (χ2v) is 14.1. The van der Waals surface area contributed by atoms with Crippen LogP contribution in [0.1, 0.15) is 22.3 Å². The molecule has 1 aromatic heterocycles. The molecule has 0 bridgehead atoms. The van der Waals surface area contributed by atoms with Crippen LogP contribution in [0.2, 0.25) is 0 Å². The fourth-order valence-electron chi connectivity index (χ4n) is 8.78. The minimum Gasteiger partial charge on any atom is -0.456 e. The van der Waals surface area contributed by atoms with E-state index in [2.05, 4.69) is 176 Å². The highest BCUT2D eigenvalue weighted by atomic mass is 16.5. The zero-order valence-electron chi connectivity index (χ0n) is 29.3. The van der Waals surface area contributed by atoms with Gasteiger partial charge < -0.3 is 4.74 Å². The Morgan fingerprint density at radius 1 is 0.352 bits per heavy atom. The van der Waals surface area contributed by atoms with Crippen molar-refractivity contribution >= 4 is 10.9 Å². The van der Waals surface area contributed by atoms with E-state index in [4.69, 9.17) is 14.7 Å². The molecule has 2 heterocycles. The SMILES string of the molecule is c1ccc(-c2nc(-c3ccc(-c4ccc(-c5cccc6c5Oc5ccccc5C65c6ccccc6-c6ccccc65)cc4)cc3)nc3ccccc23)cc1. The maximum atomic E-state index is 6.90. The molecule has 0 fully saturated rings. The van der Waals surface area contributed by atoms with E-state index >= 15 is 0 Å². The first-order chi connectivity index (χ1) is 26.8. The van der Waals surface area contributed by atoms with E-state index in [1.807, 2.05) is 18.2 Å². The Bertz CT molecular complexity index is 2850. The molecule has 0 amide bonds. The third kappa shape index (κ3) is 4.49. The van der Waals surface area contributed by atoms with Gasteiger partial charge in [0.05, 0.1) is 16.6 Å². The fraction of sp³-hybridized carbons (Fsp3) is 0.0196. The molecular formula is C51H32N2O. The van der Waals surface area contributed by atoms with Crippen LogP contribution in [0.25, 0.3) is 66.9 Å². The molecule has 1 aliphatic carbocycles. The molecule has 2 aliphatic rings. The normalized spacial score (nSPS) is 13.1. The van der Waals surface area contributed by atoms with Gasteiger partial charge in [-0.1, -0.05) is 182 Å². The Kier molecular flexibility index (Phi) is 6.77. The summed E-state index contributed by atoms with van der Waals surface area (Å²) in [6.45, 7) is 0. The molecule has 54 heavy (non-hydrogen) atoms. The highest BCUT2D eigenvalue weighted by molar-refractivity contribution is 5.94. The Hall–Kier alpha value is -7.10. The van der Waals surface area contributed by atoms with E-state index in [-0.39, 0.29) is 0 Å². The Morgan fingerprint density at radius 3 is 1.61 bits per heavy atom. The molecule has 0 N–H and O–H groups in total. The second-order valence-electron chi connectivity index (χ2n) is 14.1. The van der Waals surface area contributed by atoms with Crippen molar-refractivity contribution in [1.82, 2.24) is 9.97 Å². The topological polar surface area (TPSA) is 35.0 Å². The summed E-state index contributed by atoms with van der Waals surface area (Å²) in [5.74, 6) is 2.52. The first-order valence-corrected chi connectivity index (χ1v) is 18.4. The Morgan fingerprint density at radius 2 is 0.889 bits per heavy atom. The molecule has 3 heteroatoms. The summed E-state index contributed by atoms with van der Waals surface area (Å²) < 4.78 is 6.90. The molecule has 3 nitrogen and oxygen atoms in total. The number of para-hydroxylation sites is 3. The van der Waals surface area contributed by atoms with Gasteiger partial charge in [-0.2, -0.15) is 0 Å². The highest BCUT2D eigenvalue weighted by Crippen LogP contribution is 2.63. The minimum atomic E-state index is -0.480. The molecule has 0 saturated heterocycles. The Balaban J connectivity index is 0.975. The molecule has 1 aliphatic heterocycles. The predicted molar refractivity (Wildman–Crippen MR) is 219 cm³/mol. The molecule has 0 saturated carbocycles. The number of fused-ring (bicyclic) bond motifs is 10. The second kappa shape index (κ2) is 12.0. The lowest BCUT2D eigenvalue weighted by Crippen LogP contribution is -2.32. The minimum absolute atomic E-state index is 0.480. The first-order valence-electron chi connectivity index (χ1n) is 18.4. The molecule has 1 spiro atoms. The van der Waals surface area contributed by atoms with Crippen LogP contribution >= 0.6 is 0 Å². The van der Waals surface area contributed by atoms with Gasteiger partial charge in [0, 0.05) is 33.2 Å². The maximum absolute atomic E-state index is 6.90. The quantitative estimate of drug-likeness (QED) is 0.185. The number of rotatable bonds is 4. The third-order valence-corrected chi connectivity index (χ3v) is 11.2. The average molecular weight is 689 g/mol. The van der Waals surface area contributed by atoms with Gasteiger partial charge >= 0.3 is 0 Å². The predicted octanol–water partition coefficient (Wildman–Crippen LogP) is 12.8. The van der Waals surface area contributed by atoms with E-state index in [0.717, 1.165) is 67.3 Å². The molecule has 252 valence electrons. The summed E-state index contributed by atoms with van der Waals surface area (Å²) in [6.07, 6.45) is 0. The zero-order chi connectivity index (χ0) is 35.6. The summed E-state index contributed by atoms with van der Waals surface area (Å²) >= 11 is 0. The van der Waals surface area contributed by atoms with Crippen molar-refractivity contribution in [2.45, 2.75) is 5.41 Å². The lowest BCUT2D eigenvalue weighted by Gasteiger charge is -2.40. The zero-order valence-corrected chi connectivity index (χ0v) is 29.3. The van der Waals surface area contributed by atoms with E-state index in [1.54, 1.807) is 0 Å². The van der Waals surface area contributed by atoms with E-state index < -0.39 is 5.41 Å². The molecule has 11 rings (SSSR count). The molecule has 8 aromatic carbocycles. The average Bonchev–Trinajstić information content (AvgIpc) is 3.54. The Labute approximate surface area is 313 Å². The summed E-state index contributed by atoms with van der Waals surface area (Å²) in [6, 6.07) is 68.8. The molecule has 0 unspecified atom stereocenters. The summed E-state index contributed by atoms with van der Waals surface area (Å²) in [7, 11) is 0. The van der Waals surface area contributed by atoms with Crippen molar-refractivity contribution < 1.29 is 4.74 Å². The molecule has 9 aromatic rings. The van der Waals surface area contributed by atoms with Gasteiger partial charge in [-0.05, 0) is 51.1 Å². The van der Waals surface area contributed by atoms with Gasteiger partial charge in [-0.3, -0.25) is 0 Å². The first kappa shape index (κ1) is 30.5. The van der Waals surface area contributed by atoms with Gasteiger partial charge in [0.2, 0.25) is 0 Å². The number of hydrogen-bond acceptors (Lipinski definition) is 3. The molecule has 0 radical (unpaired) electrons. The largest absolute Gasteiger partial charge is 0.456 e.